The predicted molar refractivity (Wildman–Crippen MR) is 92.0 cm³/mol. The van der Waals surface area contributed by atoms with Crippen molar-refractivity contribution in [3.63, 3.8) is 0 Å². The van der Waals surface area contributed by atoms with Crippen LogP contribution in [0.5, 0.6) is 0 Å². The Hall–Kier alpha value is -2.31. The Kier molecular flexibility index (Phi) is 4.23. The van der Waals surface area contributed by atoms with E-state index in [1.165, 1.54) is 0 Å². The molecule has 2 aliphatic rings. The number of nitrogens with zero attached hydrogens (tertiary/aromatic N) is 3. The second-order valence-electron chi connectivity index (χ2n) is 6.46. The Bertz CT molecular complexity index is 763. The second kappa shape index (κ2) is 6.54. The van der Waals surface area contributed by atoms with E-state index in [1.54, 1.807) is 6.20 Å². The molecule has 3 heterocycles. The molecule has 0 saturated carbocycles. The number of piperidine rings is 1. The summed E-state index contributed by atoms with van der Waals surface area (Å²) in [6.45, 7) is 4.39. The van der Waals surface area contributed by atoms with Gasteiger partial charge in [-0.2, -0.15) is 0 Å². The fourth-order valence-electron chi connectivity index (χ4n) is 3.41. The van der Waals surface area contributed by atoms with Crippen molar-refractivity contribution in [1.29, 1.82) is 0 Å². The first kappa shape index (κ1) is 16.2. The zero-order valence-electron chi connectivity index (χ0n) is 14.3. The number of hydrogen-bond acceptors (Lipinski definition) is 5. The van der Waals surface area contributed by atoms with E-state index in [0.717, 1.165) is 5.56 Å². The molecule has 2 fully saturated rings. The molecular formula is C19H21N3O3. The van der Waals surface area contributed by atoms with Crippen LogP contribution in [0.2, 0.25) is 0 Å². The van der Waals surface area contributed by atoms with Gasteiger partial charge in [0, 0.05) is 37.7 Å². The monoisotopic (exact) mass is 339 g/mol. The van der Waals surface area contributed by atoms with Gasteiger partial charge in [-0.25, -0.2) is 9.97 Å². The van der Waals surface area contributed by atoms with Gasteiger partial charge in [-0.3, -0.25) is 4.79 Å². The van der Waals surface area contributed by atoms with Gasteiger partial charge >= 0.3 is 0 Å². The van der Waals surface area contributed by atoms with Crippen molar-refractivity contribution in [1.82, 2.24) is 14.9 Å². The Morgan fingerprint density at radius 2 is 1.80 bits per heavy atom. The van der Waals surface area contributed by atoms with Crippen LogP contribution < -0.4 is 0 Å². The van der Waals surface area contributed by atoms with E-state index in [-0.39, 0.29) is 5.91 Å². The van der Waals surface area contributed by atoms with E-state index in [9.17, 15) is 4.79 Å². The maximum atomic E-state index is 12.8. The Balaban J connectivity index is 1.49. The Morgan fingerprint density at radius 3 is 2.44 bits per heavy atom. The number of benzene rings is 1. The molecule has 6 heteroatoms. The summed E-state index contributed by atoms with van der Waals surface area (Å²) in [4.78, 5) is 23.6. The average molecular weight is 339 g/mol. The molecule has 2 saturated heterocycles. The van der Waals surface area contributed by atoms with Gasteiger partial charge in [0.05, 0.1) is 24.5 Å². The minimum Gasteiger partial charge on any atom is -0.347 e. The highest BCUT2D eigenvalue weighted by Crippen LogP contribution is 2.31. The van der Waals surface area contributed by atoms with E-state index in [0.29, 0.717) is 56.2 Å². The zero-order chi connectivity index (χ0) is 17.3. The molecule has 1 aromatic carbocycles. The van der Waals surface area contributed by atoms with Crippen LogP contribution in [-0.4, -0.2) is 52.9 Å². The summed E-state index contributed by atoms with van der Waals surface area (Å²) in [5.41, 5.74) is 2.21. The first-order valence-corrected chi connectivity index (χ1v) is 8.63. The summed E-state index contributed by atoms with van der Waals surface area (Å²) >= 11 is 0. The van der Waals surface area contributed by atoms with Crippen LogP contribution >= 0.6 is 0 Å². The van der Waals surface area contributed by atoms with Crippen LogP contribution in [0.15, 0.2) is 36.5 Å². The average Bonchev–Trinajstić information content (AvgIpc) is 3.10. The van der Waals surface area contributed by atoms with Gasteiger partial charge in [-0.15, -0.1) is 0 Å². The number of rotatable bonds is 2. The van der Waals surface area contributed by atoms with Crippen molar-refractivity contribution in [3.8, 4) is 11.4 Å². The van der Waals surface area contributed by atoms with Gasteiger partial charge in [0.25, 0.3) is 5.91 Å². The van der Waals surface area contributed by atoms with E-state index >= 15 is 0 Å². The third-order valence-electron chi connectivity index (χ3n) is 4.87. The topological polar surface area (TPSA) is 64.6 Å². The molecule has 0 unspecified atom stereocenters. The Labute approximate surface area is 146 Å². The molecule has 4 rings (SSSR count). The fourth-order valence-corrected chi connectivity index (χ4v) is 3.41. The third-order valence-corrected chi connectivity index (χ3v) is 4.87. The summed E-state index contributed by atoms with van der Waals surface area (Å²) in [7, 11) is 0. The number of likely N-dealkylation sites (tertiary alicyclic amines) is 1. The van der Waals surface area contributed by atoms with Crippen LogP contribution in [-0.2, 0) is 9.47 Å². The number of carbonyl (C=O) groups is 1. The van der Waals surface area contributed by atoms with Crippen LogP contribution in [0.25, 0.3) is 11.4 Å². The van der Waals surface area contributed by atoms with Crippen molar-refractivity contribution in [2.45, 2.75) is 25.6 Å². The minimum atomic E-state index is -0.473. The van der Waals surface area contributed by atoms with Crippen molar-refractivity contribution in [2.24, 2.45) is 0 Å². The quantitative estimate of drug-likeness (QED) is 0.841. The van der Waals surface area contributed by atoms with Crippen molar-refractivity contribution < 1.29 is 14.3 Å². The van der Waals surface area contributed by atoms with Crippen molar-refractivity contribution in [3.05, 3.63) is 47.8 Å². The molecule has 0 aliphatic carbocycles. The largest absolute Gasteiger partial charge is 0.347 e. The van der Waals surface area contributed by atoms with Crippen LogP contribution in [0.3, 0.4) is 0 Å². The summed E-state index contributed by atoms with van der Waals surface area (Å²) < 4.78 is 11.4. The smallest absolute Gasteiger partial charge is 0.257 e. The molecule has 2 aliphatic heterocycles. The van der Waals surface area contributed by atoms with E-state index < -0.39 is 5.79 Å². The van der Waals surface area contributed by atoms with Crippen LogP contribution in [0.1, 0.15) is 28.9 Å². The number of aromatic nitrogens is 2. The highest BCUT2D eigenvalue weighted by atomic mass is 16.7. The standard InChI is InChI=1S/C19H21N3O3/c1-14-16(13-20-17(21-14)15-5-3-2-4-6-15)18(23)22-9-7-19(8-10-22)24-11-12-25-19/h2-6,13H,7-12H2,1H3. The molecule has 1 amide bonds. The molecule has 0 radical (unpaired) electrons. The molecule has 25 heavy (non-hydrogen) atoms. The predicted octanol–water partition coefficient (Wildman–Crippen LogP) is 2.43. The zero-order valence-corrected chi connectivity index (χ0v) is 14.3. The molecule has 0 N–H and O–H groups in total. The molecule has 0 bridgehead atoms. The van der Waals surface area contributed by atoms with Gasteiger partial charge in [-0.05, 0) is 6.92 Å². The molecule has 0 atom stereocenters. The highest BCUT2D eigenvalue weighted by molar-refractivity contribution is 5.95. The first-order chi connectivity index (χ1) is 12.2. The summed E-state index contributed by atoms with van der Waals surface area (Å²) in [6.07, 6.45) is 3.06. The number of amides is 1. The van der Waals surface area contributed by atoms with Gasteiger partial charge < -0.3 is 14.4 Å². The van der Waals surface area contributed by atoms with E-state index in [1.807, 2.05) is 42.2 Å². The fraction of sp³-hybridized carbons (Fsp3) is 0.421. The summed E-state index contributed by atoms with van der Waals surface area (Å²) in [6, 6.07) is 9.77. The lowest BCUT2D eigenvalue weighted by Gasteiger charge is -2.37. The molecule has 2 aromatic rings. The maximum absolute atomic E-state index is 12.8. The van der Waals surface area contributed by atoms with Gasteiger partial charge in [0.15, 0.2) is 11.6 Å². The molecule has 6 nitrogen and oxygen atoms in total. The SMILES string of the molecule is Cc1nc(-c2ccccc2)ncc1C(=O)N1CCC2(CC1)OCCO2. The molecule has 1 aromatic heterocycles. The summed E-state index contributed by atoms with van der Waals surface area (Å²) in [5.74, 6) is 0.143. The molecule has 130 valence electrons. The van der Waals surface area contributed by atoms with E-state index in [2.05, 4.69) is 9.97 Å². The maximum Gasteiger partial charge on any atom is 0.257 e. The molecule has 1 spiro atoms. The number of hydrogen-bond donors (Lipinski definition) is 0. The summed E-state index contributed by atoms with van der Waals surface area (Å²) in [5, 5.41) is 0. The number of carbonyl (C=O) groups excluding carboxylic acids is 1. The van der Waals surface area contributed by atoms with Crippen LogP contribution in [0, 0.1) is 6.92 Å². The van der Waals surface area contributed by atoms with Crippen LogP contribution in [0.4, 0.5) is 0 Å². The number of ether oxygens (including phenoxy) is 2. The lowest BCUT2D eigenvalue weighted by atomic mass is 10.0. The third kappa shape index (κ3) is 3.15. The lowest BCUT2D eigenvalue weighted by Crippen LogP contribution is -2.47. The van der Waals surface area contributed by atoms with Gasteiger partial charge in [0.2, 0.25) is 0 Å². The van der Waals surface area contributed by atoms with Gasteiger partial charge in [-0.1, -0.05) is 30.3 Å². The lowest BCUT2D eigenvalue weighted by molar-refractivity contribution is -0.181. The minimum absolute atomic E-state index is 0.0232. The normalized spacial score (nSPS) is 19.3. The second-order valence-corrected chi connectivity index (χ2v) is 6.46. The highest BCUT2D eigenvalue weighted by Gasteiger charge is 2.41. The van der Waals surface area contributed by atoms with Crippen molar-refractivity contribution >= 4 is 5.91 Å². The number of aryl methyl sites for hydroxylation is 1. The van der Waals surface area contributed by atoms with Crippen molar-refractivity contribution in [2.75, 3.05) is 26.3 Å². The van der Waals surface area contributed by atoms with Gasteiger partial charge in [0.1, 0.15) is 0 Å². The first-order valence-electron chi connectivity index (χ1n) is 8.63. The van der Waals surface area contributed by atoms with E-state index in [4.69, 9.17) is 9.47 Å². The molecular weight excluding hydrogens is 318 g/mol. The Morgan fingerprint density at radius 1 is 1.12 bits per heavy atom.